The number of nitrogens with zero attached hydrogens (tertiary/aromatic N) is 2. The summed E-state index contributed by atoms with van der Waals surface area (Å²) in [6.45, 7) is 2.94. The Bertz CT molecular complexity index is 648. The zero-order valence-electron chi connectivity index (χ0n) is 13.2. The maximum absolute atomic E-state index is 11.9. The Balaban J connectivity index is 1.64. The van der Waals surface area contributed by atoms with Crippen LogP contribution in [0.15, 0.2) is 39.8 Å². The number of nitrogens with one attached hydrogen (secondary N) is 1. The van der Waals surface area contributed by atoms with Gasteiger partial charge in [-0.25, -0.2) is 0 Å². The molecule has 1 aromatic carbocycles. The van der Waals surface area contributed by atoms with Gasteiger partial charge in [0.15, 0.2) is 5.82 Å². The zero-order valence-corrected chi connectivity index (χ0v) is 14.8. The Kier molecular flexibility index (Phi) is 6.95. The van der Waals surface area contributed by atoms with E-state index in [0.29, 0.717) is 18.1 Å². The maximum Gasteiger partial charge on any atom is 0.239 e. The molecule has 0 bridgehead atoms. The van der Waals surface area contributed by atoms with Gasteiger partial charge in [-0.1, -0.05) is 28.9 Å². The van der Waals surface area contributed by atoms with Gasteiger partial charge in [-0.15, -0.1) is 11.8 Å². The Labute approximate surface area is 145 Å². The van der Waals surface area contributed by atoms with Gasteiger partial charge in [0.05, 0.1) is 11.6 Å². The molecule has 0 saturated carbocycles. The topological polar surface area (TPSA) is 58.4 Å². The highest BCUT2D eigenvalue weighted by atomic mass is 35.5. The van der Waals surface area contributed by atoms with Crippen molar-refractivity contribution < 1.29 is 9.32 Å². The molecular weight excluding hydrogens is 334 g/mol. The molecule has 0 saturated heterocycles. The van der Waals surface area contributed by atoms with E-state index >= 15 is 0 Å². The smallest absolute Gasteiger partial charge is 0.239 e. The van der Waals surface area contributed by atoms with Crippen molar-refractivity contribution in [1.82, 2.24) is 10.1 Å². The van der Waals surface area contributed by atoms with Crippen LogP contribution in [0.2, 0.25) is 5.02 Å². The third-order valence-electron chi connectivity index (χ3n) is 3.09. The van der Waals surface area contributed by atoms with Crippen molar-refractivity contribution in [2.45, 2.75) is 18.2 Å². The normalized spacial score (nSPS) is 11.0. The molecular formula is C16H20ClN3O2S. The van der Waals surface area contributed by atoms with Crippen LogP contribution in [0.3, 0.4) is 0 Å². The average Bonchev–Trinajstić information content (AvgIpc) is 2.90. The minimum absolute atomic E-state index is 0.0976. The number of aryl methyl sites for hydroxylation is 1. The molecule has 23 heavy (non-hydrogen) atoms. The van der Waals surface area contributed by atoms with E-state index in [1.54, 1.807) is 24.8 Å². The number of amides is 1. The molecule has 1 N–H and O–H groups in total. The van der Waals surface area contributed by atoms with Crippen LogP contribution in [0.4, 0.5) is 5.82 Å². The maximum atomic E-state index is 11.9. The van der Waals surface area contributed by atoms with E-state index in [1.807, 2.05) is 36.2 Å². The molecule has 0 unspecified atom stereocenters. The number of thioether (sulfide) groups is 1. The minimum atomic E-state index is -0.0976. The predicted molar refractivity (Wildman–Crippen MR) is 94.2 cm³/mol. The van der Waals surface area contributed by atoms with Crippen molar-refractivity contribution in [3.8, 4) is 0 Å². The Morgan fingerprint density at radius 2 is 2.22 bits per heavy atom. The van der Waals surface area contributed by atoms with Gasteiger partial charge in [0, 0.05) is 11.0 Å². The highest BCUT2D eigenvalue weighted by molar-refractivity contribution is 7.99. The summed E-state index contributed by atoms with van der Waals surface area (Å²) < 4.78 is 4.91. The molecule has 2 aromatic rings. The molecule has 0 spiro atoms. The van der Waals surface area contributed by atoms with E-state index in [9.17, 15) is 4.79 Å². The van der Waals surface area contributed by atoms with Gasteiger partial charge < -0.3 is 9.84 Å². The molecule has 0 fully saturated rings. The lowest BCUT2D eigenvalue weighted by Gasteiger charge is -2.15. The summed E-state index contributed by atoms with van der Waals surface area (Å²) in [6, 6.07) is 9.51. The molecule has 1 heterocycles. The first-order valence-corrected chi connectivity index (χ1v) is 8.70. The standard InChI is InChI=1S/C16H20ClN3O2S/c1-12-10-15(19-22-12)18-16(21)11-20(2)8-5-9-23-14-7-4-3-6-13(14)17/h3-4,6-7,10H,5,8-9,11H2,1-2H3,(H,18,19,21). The van der Waals surface area contributed by atoms with Crippen LogP contribution in [0, 0.1) is 6.92 Å². The lowest BCUT2D eigenvalue weighted by Crippen LogP contribution is -2.31. The Morgan fingerprint density at radius 3 is 2.91 bits per heavy atom. The summed E-state index contributed by atoms with van der Waals surface area (Å²) in [5.41, 5.74) is 0. The van der Waals surface area contributed by atoms with Crippen molar-refractivity contribution in [2.75, 3.05) is 31.2 Å². The van der Waals surface area contributed by atoms with Crippen LogP contribution in [-0.2, 0) is 4.79 Å². The van der Waals surface area contributed by atoms with Crippen LogP contribution >= 0.6 is 23.4 Å². The van der Waals surface area contributed by atoms with Crippen molar-refractivity contribution in [3.63, 3.8) is 0 Å². The van der Waals surface area contributed by atoms with Gasteiger partial charge in [0.25, 0.3) is 0 Å². The number of carbonyl (C=O) groups is 1. The van der Waals surface area contributed by atoms with Gasteiger partial charge in [-0.2, -0.15) is 0 Å². The molecule has 0 aliphatic rings. The van der Waals surface area contributed by atoms with E-state index in [1.165, 1.54) is 0 Å². The second-order valence-electron chi connectivity index (χ2n) is 5.24. The van der Waals surface area contributed by atoms with E-state index in [-0.39, 0.29) is 5.91 Å². The summed E-state index contributed by atoms with van der Waals surface area (Å²) in [4.78, 5) is 14.9. The molecule has 1 aromatic heterocycles. The summed E-state index contributed by atoms with van der Waals surface area (Å²) in [7, 11) is 1.92. The van der Waals surface area contributed by atoms with E-state index in [2.05, 4.69) is 10.5 Å². The number of halogens is 1. The first kappa shape index (κ1) is 17.8. The number of carbonyl (C=O) groups excluding carboxylic acids is 1. The van der Waals surface area contributed by atoms with Crippen LogP contribution in [0.5, 0.6) is 0 Å². The Hall–Kier alpha value is -1.50. The van der Waals surface area contributed by atoms with Crippen molar-refractivity contribution in [1.29, 1.82) is 0 Å². The first-order valence-electron chi connectivity index (χ1n) is 7.33. The lowest BCUT2D eigenvalue weighted by atomic mass is 10.4. The van der Waals surface area contributed by atoms with Crippen LogP contribution in [0.25, 0.3) is 0 Å². The summed E-state index contributed by atoms with van der Waals surface area (Å²) >= 11 is 7.85. The Morgan fingerprint density at radius 1 is 1.43 bits per heavy atom. The molecule has 124 valence electrons. The predicted octanol–water partition coefficient (Wildman–Crippen LogP) is 3.69. The largest absolute Gasteiger partial charge is 0.360 e. The lowest BCUT2D eigenvalue weighted by molar-refractivity contribution is -0.117. The number of aromatic nitrogens is 1. The van der Waals surface area contributed by atoms with Gasteiger partial charge >= 0.3 is 0 Å². The van der Waals surface area contributed by atoms with Crippen LogP contribution in [-0.4, -0.2) is 41.9 Å². The summed E-state index contributed by atoms with van der Waals surface area (Å²) in [5, 5.41) is 7.23. The molecule has 0 aliphatic carbocycles. The summed E-state index contributed by atoms with van der Waals surface area (Å²) in [6.07, 6.45) is 0.975. The third kappa shape index (κ3) is 6.25. The number of rotatable bonds is 8. The average molecular weight is 354 g/mol. The zero-order chi connectivity index (χ0) is 16.7. The minimum Gasteiger partial charge on any atom is -0.360 e. The number of benzene rings is 1. The second-order valence-corrected chi connectivity index (χ2v) is 6.79. The molecule has 0 aliphatic heterocycles. The summed E-state index contributed by atoms with van der Waals surface area (Å²) in [5.74, 6) is 1.98. The van der Waals surface area contributed by atoms with Gasteiger partial charge in [-0.05, 0) is 44.8 Å². The molecule has 1 amide bonds. The van der Waals surface area contributed by atoms with E-state index in [4.69, 9.17) is 16.1 Å². The number of hydrogen-bond acceptors (Lipinski definition) is 5. The van der Waals surface area contributed by atoms with E-state index < -0.39 is 0 Å². The number of anilines is 1. The van der Waals surface area contributed by atoms with Crippen molar-refractivity contribution >= 4 is 35.1 Å². The van der Waals surface area contributed by atoms with Gasteiger partial charge in [0.1, 0.15) is 5.76 Å². The molecule has 0 atom stereocenters. The fourth-order valence-corrected chi connectivity index (χ4v) is 3.18. The molecule has 0 radical (unpaired) electrons. The second kappa shape index (κ2) is 8.96. The highest BCUT2D eigenvalue weighted by Crippen LogP contribution is 2.26. The van der Waals surface area contributed by atoms with Gasteiger partial charge in [-0.3, -0.25) is 9.69 Å². The molecule has 7 heteroatoms. The quantitative estimate of drug-likeness (QED) is 0.579. The highest BCUT2D eigenvalue weighted by Gasteiger charge is 2.09. The van der Waals surface area contributed by atoms with Crippen LogP contribution < -0.4 is 5.32 Å². The number of hydrogen-bond donors (Lipinski definition) is 1. The molecule has 2 rings (SSSR count). The van der Waals surface area contributed by atoms with Gasteiger partial charge in [0.2, 0.25) is 5.91 Å². The van der Waals surface area contributed by atoms with Crippen LogP contribution in [0.1, 0.15) is 12.2 Å². The fraction of sp³-hybridized carbons (Fsp3) is 0.375. The number of likely N-dealkylation sites (N-methyl/N-ethyl adjacent to an activating group) is 1. The SMILES string of the molecule is Cc1cc(NC(=O)CN(C)CCCSc2ccccc2Cl)no1. The molecule has 5 nitrogen and oxygen atoms in total. The fourth-order valence-electron chi connectivity index (χ4n) is 2.01. The monoisotopic (exact) mass is 353 g/mol. The first-order chi connectivity index (χ1) is 11.0. The third-order valence-corrected chi connectivity index (χ3v) is 4.69. The van der Waals surface area contributed by atoms with E-state index in [0.717, 1.165) is 28.6 Å². The van der Waals surface area contributed by atoms with Crippen molar-refractivity contribution in [2.24, 2.45) is 0 Å². The van der Waals surface area contributed by atoms with Crippen molar-refractivity contribution in [3.05, 3.63) is 41.1 Å².